The smallest absolute Gasteiger partial charge is 0.292 e. The van der Waals surface area contributed by atoms with Crippen LogP contribution in [0.2, 0.25) is 0 Å². The molecule has 2 fully saturated rings. The monoisotopic (exact) mass is 300 g/mol. The molecule has 3 rings (SSSR count). The summed E-state index contributed by atoms with van der Waals surface area (Å²) in [7, 11) is -3.00. The average Bonchev–Trinajstić information content (AvgIpc) is 3.04. The minimum atomic E-state index is -3.00. The molecule has 1 saturated heterocycles. The van der Waals surface area contributed by atoms with Crippen molar-refractivity contribution in [1.82, 2.24) is 20.8 Å². The lowest BCUT2D eigenvalue weighted by atomic mass is 10.2. The maximum atomic E-state index is 11.7. The van der Waals surface area contributed by atoms with Crippen LogP contribution in [0.15, 0.2) is 4.52 Å². The highest BCUT2D eigenvalue weighted by Crippen LogP contribution is 2.19. The molecule has 1 aromatic heterocycles. The largest absolute Gasteiger partial charge is 0.346 e. The first-order valence-corrected chi connectivity index (χ1v) is 8.41. The SMILES string of the molecule is O=C(NC1CC1)c1noc(CC2CS(=O)(=O)CCN2)n1. The highest BCUT2D eigenvalue weighted by molar-refractivity contribution is 7.91. The summed E-state index contributed by atoms with van der Waals surface area (Å²) < 4.78 is 28.0. The Bertz CT molecular complexity index is 608. The molecule has 0 bridgehead atoms. The molecule has 2 aliphatic rings. The summed E-state index contributed by atoms with van der Waals surface area (Å²) in [5, 5.41) is 9.48. The Kier molecular flexibility index (Phi) is 3.47. The molecule has 1 aliphatic carbocycles. The lowest BCUT2D eigenvalue weighted by Gasteiger charge is -2.21. The normalized spacial score (nSPS) is 25.3. The van der Waals surface area contributed by atoms with Gasteiger partial charge in [-0.15, -0.1) is 0 Å². The summed E-state index contributed by atoms with van der Waals surface area (Å²) in [4.78, 5) is 15.7. The number of rotatable bonds is 4. The Balaban J connectivity index is 1.60. The molecule has 8 nitrogen and oxygen atoms in total. The molecule has 0 aromatic carbocycles. The molecule has 0 radical (unpaired) electrons. The Morgan fingerprint density at radius 1 is 1.45 bits per heavy atom. The average molecular weight is 300 g/mol. The number of amides is 1. The summed E-state index contributed by atoms with van der Waals surface area (Å²) in [6.07, 6.45) is 2.28. The van der Waals surface area contributed by atoms with Crippen molar-refractivity contribution in [3.05, 3.63) is 11.7 Å². The fourth-order valence-corrected chi connectivity index (χ4v) is 3.56. The zero-order valence-electron chi connectivity index (χ0n) is 10.8. The van der Waals surface area contributed by atoms with E-state index >= 15 is 0 Å². The van der Waals surface area contributed by atoms with E-state index in [1.165, 1.54) is 0 Å². The number of carbonyl (C=O) groups excluding carboxylic acids is 1. The van der Waals surface area contributed by atoms with Crippen LogP contribution in [0.1, 0.15) is 29.4 Å². The first kappa shape index (κ1) is 13.5. The molecule has 20 heavy (non-hydrogen) atoms. The molecule has 0 spiro atoms. The number of nitrogens with zero attached hydrogens (tertiary/aromatic N) is 2. The molecule has 1 aromatic rings. The van der Waals surface area contributed by atoms with Gasteiger partial charge in [0.1, 0.15) is 0 Å². The second-order valence-corrected chi connectivity index (χ2v) is 7.46. The standard InChI is InChI=1S/C11H16N4O4S/c16-11(13-7-1-2-7)10-14-9(19-15-10)5-8-6-20(17,18)4-3-12-8/h7-8,12H,1-6H2,(H,13,16). The number of hydrogen-bond acceptors (Lipinski definition) is 7. The Morgan fingerprint density at radius 3 is 2.95 bits per heavy atom. The lowest BCUT2D eigenvalue weighted by Crippen LogP contribution is -2.46. The lowest BCUT2D eigenvalue weighted by molar-refractivity contribution is 0.0937. The van der Waals surface area contributed by atoms with Crippen molar-refractivity contribution in [1.29, 1.82) is 0 Å². The molecule has 110 valence electrons. The summed E-state index contributed by atoms with van der Waals surface area (Å²) in [6, 6.07) is -0.0110. The van der Waals surface area contributed by atoms with Gasteiger partial charge in [-0.25, -0.2) is 8.42 Å². The van der Waals surface area contributed by atoms with Gasteiger partial charge in [0.05, 0.1) is 11.5 Å². The van der Waals surface area contributed by atoms with Crippen molar-refractivity contribution in [3.8, 4) is 0 Å². The minimum absolute atomic E-state index is 0.00515. The van der Waals surface area contributed by atoms with Crippen molar-refractivity contribution in [3.63, 3.8) is 0 Å². The summed E-state index contributed by atoms with van der Waals surface area (Å²) in [5.41, 5.74) is 0. The van der Waals surface area contributed by atoms with Crippen molar-refractivity contribution in [2.75, 3.05) is 18.1 Å². The van der Waals surface area contributed by atoms with E-state index in [0.717, 1.165) is 12.8 Å². The zero-order valence-corrected chi connectivity index (χ0v) is 11.6. The van der Waals surface area contributed by atoms with Gasteiger partial charge >= 0.3 is 0 Å². The second-order valence-electron chi connectivity index (χ2n) is 5.23. The van der Waals surface area contributed by atoms with Crippen LogP contribution in [0.5, 0.6) is 0 Å². The van der Waals surface area contributed by atoms with Crippen LogP contribution in [0, 0.1) is 0 Å². The van der Waals surface area contributed by atoms with Crippen molar-refractivity contribution < 1.29 is 17.7 Å². The highest BCUT2D eigenvalue weighted by atomic mass is 32.2. The van der Waals surface area contributed by atoms with Gasteiger partial charge in [-0.2, -0.15) is 4.98 Å². The van der Waals surface area contributed by atoms with E-state index in [1.807, 2.05) is 0 Å². The molecule has 2 N–H and O–H groups in total. The summed E-state index contributed by atoms with van der Waals surface area (Å²) in [6.45, 7) is 0.427. The first-order chi connectivity index (χ1) is 9.52. The molecule has 9 heteroatoms. The first-order valence-electron chi connectivity index (χ1n) is 6.59. The number of nitrogens with one attached hydrogen (secondary N) is 2. The van der Waals surface area contributed by atoms with Crippen LogP contribution in [0.3, 0.4) is 0 Å². The van der Waals surface area contributed by atoms with Gasteiger partial charge in [0.2, 0.25) is 5.89 Å². The van der Waals surface area contributed by atoms with Gasteiger partial charge in [0, 0.05) is 25.0 Å². The molecule has 1 saturated carbocycles. The van der Waals surface area contributed by atoms with E-state index in [4.69, 9.17) is 4.52 Å². The van der Waals surface area contributed by atoms with Gasteiger partial charge in [-0.3, -0.25) is 4.79 Å². The van der Waals surface area contributed by atoms with Crippen molar-refractivity contribution in [2.45, 2.75) is 31.3 Å². The maximum absolute atomic E-state index is 11.7. The van der Waals surface area contributed by atoms with Crippen LogP contribution >= 0.6 is 0 Å². The molecule has 1 atom stereocenters. The van der Waals surface area contributed by atoms with E-state index in [-0.39, 0.29) is 41.2 Å². The number of aromatic nitrogens is 2. The third-order valence-electron chi connectivity index (χ3n) is 3.31. The number of hydrogen-bond donors (Lipinski definition) is 2. The Morgan fingerprint density at radius 2 is 2.25 bits per heavy atom. The van der Waals surface area contributed by atoms with Gasteiger partial charge in [0.25, 0.3) is 11.7 Å². The predicted octanol–water partition coefficient (Wildman–Crippen LogP) is -1.11. The second kappa shape index (κ2) is 5.13. The van der Waals surface area contributed by atoms with Crippen molar-refractivity contribution >= 4 is 15.7 Å². The Labute approximate surface area is 116 Å². The molecular weight excluding hydrogens is 284 g/mol. The van der Waals surface area contributed by atoms with Gasteiger partial charge < -0.3 is 15.2 Å². The minimum Gasteiger partial charge on any atom is -0.346 e. The van der Waals surface area contributed by atoms with Crippen LogP contribution < -0.4 is 10.6 Å². The molecular formula is C11H16N4O4S. The fraction of sp³-hybridized carbons (Fsp3) is 0.727. The fourth-order valence-electron chi connectivity index (χ4n) is 2.12. The van der Waals surface area contributed by atoms with Gasteiger partial charge in [0.15, 0.2) is 9.84 Å². The van der Waals surface area contributed by atoms with E-state index in [0.29, 0.717) is 13.0 Å². The van der Waals surface area contributed by atoms with Gasteiger partial charge in [-0.1, -0.05) is 5.16 Å². The summed E-state index contributed by atoms with van der Waals surface area (Å²) >= 11 is 0. The van der Waals surface area contributed by atoms with E-state index in [2.05, 4.69) is 20.8 Å². The maximum Gasteiger partial charge on any atom is 0.292 e. The zero-order chi connectivity index (χ0) is 14.2. The molecule has 1 unspecified atom stereocenters. The topological polar surface area (TPSA) is 114 Å². The van der Waals surface area contributed by atoms with E-state index < -0.39 is 9.84 Å². The third kappa shape index (κ3) is 3.34. The summed E-state index contributed by atoms with van der Waals surface area (Å²) in [5.74, 6) is 0.152. The van der Waals surface area contributed by atoms with Crippen molar-refractivity contribution in [2.24, 2.45) is 0 Å². The molecule has 2 heterocycles. The predicted molar refractivity (Wildman–Crippen MR) is 68.9 cm³/mol. The quantitative estimate of drug-likeness (QED) is 0.724. The molecule has 1 aliphatic heterocycles. The highest BCUT2D eigenvalue weighted by Gasteiger charge is 2.28. The number of sulfone groups is 1. The van der Waals surface area contributed by atoms with E-state index in [9.17, 15) is 13.2 Å². The van der Waals surface area contributed by atoms with Crippen LogP contribution in [-0.2, 0) is 16.3 Å². The van der Waals surface area contributed by atoms with Crippen LogP contribution in [-0.4, -0.2) is 54.6 Å². The molecule has 1 amide bonds. The number of carbonyl (C=O) groups is 1. The van der Waals surface area contributed by atoms with Gasteiger partial charge in [-0.05, 0) is 12.8 Å². The van der Waals surface area contributed by atoms with Crippen LogP contribution in [0.25, 0.3) is 0 Å². The van der Waals surface area contributed by atoms with Crippen LogP contribution in [0.4, 0.5) is 0 Å². The van der Waals surface area contributed by atoms with E-state index in [1.54, 1.807) is 0 Å². The Hall–Kier alpha value is -1.48. The third-order valence-corrected chi connectivity index (χ3v) is 5.04.